The average molecular weight is 847 g/mol. The van der Waals surface area contributed by atoms with Crippen molar-refractivity contribution in [2.75, 3.05) is 41.5 Å². The molecule has 1 saturated carbocycles. The van der Waals surface area contributed by atoms with Crippen molar-refractivity contribution in [3.63, 3.8) is 0 Å². The third-order valence-corrected chi connectivity index (χ3v) is 13.2. The fourth-order valence-corrected chi connectivity index (χ4v) is 10.3. The molecule has 0 bridgehead atoms. The standard InChI is InChI=1S/C43H36Cl2F3N5O6/c1-22-3-2-4-30(36(22)54)35-28-13-14-29-34(40(57)52(38(29)55)27-11-9-26(10-12-27)51-15-17-59-18-16-51)31(28)20-32-39(56)53(41(58)42(32,35)23-5-7-25(44)8-6-23)50-37-33(45)19-24(21-49-37)43(46,47)48/h2-13,19,21,29,31-32,34-35,54H,14-18,20H2,1H3,(H,49,50)/t29-,31+,32-,34-,35+,42+/m0/s1. The molecule has 6 atom stereocenters. The van der Waals surface area contributed by atoms with E-state index < -0.39 is 69.5 Å². The number of ether oxygens (including phenoxy) is 1. The van der Waals surface area contributed by atoms with E-state index in [1.165, 1.54) is 4.90 Å². The first-order valence-electron chi connectivity index (χ1n) is 19.1. The number of hydrogen-bond donors (Lipinski definition) is 2. The maximum atomic E-state index is 15.4. The first kappa shape index (κ1) is 39.0. The highest BCUT2D eigenvalue weighted by molar-refractivity contribution is 6.33. The minimum Gasteiger partial charge on any atom is -0.507 e. The van der Waals surface area contributed by atoms with Gasteiger partial charge in [-0.05, 0) is 79.3 Å². The van der Waals surface area contributed by atoms with Gasteiger partial charge in [0.05, 0.1) is 52.7 Å². The number of fused-ring (bicyclic) bond motifs is 4. The summed E-state index contributed by atoms with van der Waals surface area (Å²) in [5.41, 5.74) is 2.86. The maximum absolute atomic E-state index is 15.4. The molecule has 0 radical (unpaired) electrons. The first-order chi connectivity index (χ1) is 28.2. The van der Waals surface area contributed by atoms with E-state index in [1.54, 1.807) is 61.5 Å². The molecular weight excluding hydrogens is 810 g/mol. The van der Waals surface area contributed by atoms with Crippen LogP contribution in [0.2, 0.25) is 10.0 Å². The van der Waals surface area contributed by atoms with Crippen LogP contribution in [0.25, 0.3) is 0 Å². The number of phenols is 1. The molecular formula is C43H36Cl2F3N5O6. The average Bonchev–Trinajstić information content (AvgIpc) is 3.60. The minimum atomic E-state index is -4.76. The van der Waals surface area contributed by atoms with Crippen LogP contribution in [-0.4, -0.2) is 65.0 Å². The number of amides is 4. The molecule has 3 aromatic carbocycles. The van der Waals surface area contributed by atoms with Gasteiger partial charge in [0.15, 0.2) is 5.82 Å². The third kappa shape index (κ3) is 6.09. The lowest BCUT2D eigenvalue weighted by Crippen LogP contribution is -2.53. The molecule has 59 heavy (non-hydrogen) atoms. The van der Waals surface area contributed by atoms with Crippen molar-refractivity contribution < 1.29 is 42.2 Å². The van der Waals surface area contributed by atoms with Crippen LogP contribution in [-0.2, 0) is 35.5 Å². The fraction of sp³-hybridized carbons (Fsp3) is 0.326. The summed E-state index contributed by atoms with van der Waals surface area (Å²) in [7, 11) is 0. The molecule has 4 aromatic rings. The second-order valence-corrected chi connectivity index (χ2v) is 16.4. The number of carbonyl (C=O) groups is 4. The highest BCUT2D eigenvalue weighted by Gasteiger charge is 2.70. The van der Waals surface area contributed by atoms with Crippen LogP contribution in [0.1, 0.15) is 41.0 Å². The highest BCUT2D eigenvalue weighted by Crippen LogP contribution is 2.65. The maximum Gasteiger partial charge on any atom is 0.417 e. The number of aryl methyl sites for hydroxylation is 1. The van der Waals surface area contributed by atoms with Gasteiger partial charge in [0.2, 0.25) is 11.8 Å². The van der Waals surface area contributed by atoms with E-state index in [2.05, 4.69) is 15.3 Å². The Kier molecular flexibility index (Phi) is 9.52. The van der Waals surface area contributed by atoms with Gasteiger partial charge < -0.3 is 14.7 Å². The van der Waals surface area contributed by atoms with Crippen molar-refractivity contribution in [2.45, 2.75) is 37.3 Å². The number of para-hydroxylation sites is 1. The Labute approximate surface area is 346 Å². The number of aromatic nitrogens is 1. The zero-order chi connectivity index (χ0) is 41.5. The fourth-order valence-electron chi connectivity index (χ4n) is 9.93. The number of rotatable bonds is 6. The van der Waals surface area contributed by atoms with E-state index in [0.29, 0.717) is 71.5 Å². The first-order valence-corrected chi connectivity index (χ1v) is 19.9. The van der Waals surface area contributed by atoms with Crippen LogP contribution in [0.5, 0.6) is 5.75 Å². The van der Waals surface area contributed by atoms with Crippen LogP contribution in [0.3, 0.4) is 0 Å². The van der Waals surface area contributed by atoms with Crippen LogP contribution >= 0.6 is 23.2 Å². The SMILES string of the molecule is Cc1cccc([C@H]2C3=CC[C@@H]4C(=O)N(c5ccc(N6CCOCC6)cc5)C(=O)[C@@H]4[C@@H]3C[C@H]3C(=O)N(Nc4ncc(C(F)(F)F)cc4Cl)C(=O)[C@@]23c2ccc(Cl)cc2)c1O. The third-order valence-electron chi connectivity index (χ3n) is 12.6. The highest BCUT2D eigenvalue weighted by atomic mass is 35.5. The van der Waals surface area contributed by atoms with Gasteiger partial charge in [0.1, 0.15) is 5.75 Å². The lowest BCUT2D eigenvalue weighted by atomic mass is 9.49. The number of phenolic OH excluding ortho intramolecular Hbond substituents is 1. The molecule has 0 spiro atoms. The Hall–Kier alpha value is -5.44. The van der Waals surface area contributed by atoms with E-state index in [0.717, 1.165) is 10.7 Å². The number of halogens is 5. The summed E-state index contributed by atoms with van der Waals surface area (Å²) in [6.45, 7) is 4.30. The number of nitrogens with one attached hydrogen (secondary N) is 1. The van der Waals surface area contributed by atoms with Gasteiger partial charge in [-0.15, -0.1) is 0 Å². The van der Waals surface area contributed by atoms with E-state index in [9.17, 15) is 32.7 Å². The van der Waals surface area contributed by atoms with Gasteiger partial charge in [-0.25, -0.2) is 4.98 Å². The predicted octanol–water partition coefficient (Wildman–Crippen LogP) is 7.45. The molecule has 11 nitrogen and oxygen atoms in total. The summed E-state index contributed by atoms with van der Waals surface area (Å²) in [6, 6.07) is 19.4. The van der Waals surface area contributed by atoms with E-state index >= 15 is 4.79 Å². The van der Waals surface area contributed by atoms with Crippen molar-refractivity contribution in [2.24, 2.45) is 23.7 Å². The quantitative estimate of drug-likeness (QED) is 0.150. The molecule has 4 heterocycles. The Morgan fingerprint density at radius 2 is 1.59 bits per heavy atom. The molecule has 4 fully saturated rings. The zero-order valence-corrected chi connectivity index (χ0v) is 32.9. The molecule has 0 unspecified atom stereocenters. The number of hydrogen-bond acceptors (Lipinski definition) is 9. The van der Waals surface area contributed by atoms with Gasteiger partial charge in [0.25, 0.3) is 11.8 Å². The molecule has 3 saturated heterocycles. The van der Waals surface area contributed by atoms with Gasteiger partial charge in [-0.2, -0.15) is 18.2 Å². The Balaban J connectivity index is 1.17. The molecule has 1 aromatic heterocycles. The summed E-state index contributed by atoms with van der Waals surface area (Å²) < 4.78 is 46.1. The van der Waals surface area contributed by atoms with E-state index in [-0.39, 0.29) is 30.3 Å². The number of hydrazine groups is 1. The summed E-state index contributed by atoms with van der Waals surface area (Å²) in [5, 5.41) is 12.4. The Morgan fingerprint density at radius 3 is 2.27 bits per heavy atom. The van der Waals surface area contributed by atoms with Crippen LogP contribution < -0.4 is 15.2 Å². The molecule has 2 N–H and O–H groups in total. The number of pyridine rings is 1. The number of morpholine rings is 1. The number of benzene rings is 3. The topological polar surface area (TPSA) is 132 Å². The van der Waals surface area contributed by atoms with Crippen molar-refractivity contribution in [3.8, 4) is 5.75 Å². The van der Waals surface area contributed by atoms with E-state index in [4.69, 9.17) is 27.9 Å². The van der Waals surface area contributed by atoms with Gasteiger partial charge in [0, 0.05) is 41.5 Å². The predicted molar refractivity (Wildman–Crippen MR) is 212 cm³/mol. The van der Waals surface area contributed by atoms with Gasteiger partial charge in [-0.3, -0.25) is 29.5 Å². The van der Waals surface area contributed by atoms with Gasteiger partial charge >= 0.3 is 6.18 Å². The minimum absolute atomic E-state index is 0.0571. The van der Waals surface area contributed by atoms with Crippen molar-refractivity contribution in [1.82, 2.24) is 9.99 Å². The van der Waals surface area contributed by atoms with Crippen LogP contribution in [0.4, 0.5) is 30.4 Å². The number of anilines is 3. The van der Waals surface area contributed by atoms with E-state index in [1.807, 2.05) is 18.2 Å². The summed E-state index contributed by atoms with van der Waals surface area (Å²) >= 11 is 12.6. The molecule has 16 heteroatoms. The second kappa shape index (κ2) is 14.4. The van der Waals surface area contributed by atoms with Crippen molar-refractivity contribution >= 4 is 64.0 Å². The summed E-state index contributed by atoms with van der Waals surface area (Å²) in [5.74, 6) is -7.52. The molecule has 4 amide bonds. The number of carbonyl (C=O) groups excluding carboxylic acids is 4. The molecule has 3 aliphatic heterocycles. The van der Waals surface area contributed by atoms with Crippen molar-refractivity contribution in [1.29, 1.82) is 0 Å². The molecule has 2 aliphatic carbocycles. The monoisotopic (exact) mass is 845 g/mol. The number of aromatic hydroxyl groups is 1. The van der Waals surface area contributed by atoms with Crippen LogP contribution in [0.15, 0.2) is 90.6 Å². The van der Waals surface area contributed by atoms with Crippen LogP contribution in [0, 0.1) is 30.6 Å². The number of alkyl halides is 3. The second-order valence-electron chi connectivity index (χ2n) is 15.6. The normalized spacial score (nSPS) is 26.8. The Morgan fingerprint density at radius 1 is 0.898 bits per heavy atom. The lowest BCUT2D eigenvalue weighted by Gasteiger charge is -2.50. The number of imide groups is 2. The van der Waals surface area contributed by atoms with Gasteiger partial charge in [-0.1, -0.05) is 65.2 Å². The molecule has 9 rings (SSSR count). The summed E-state index contributed by atoms with van der Waals surface area (Å²) in [4.78, 5) is 66.5. The Bertz CT molecular complexity index is 2440. The summed E-state index contributed by atoms with van der Waals surface area (Å²) in [6.07, 6.45) is -2.25. The lowest BCUT2D eigenvalue weighted by molar-refractivity contribution is -0.139. The molecule has 5 aliphatic rings. The number of nitrogens with zero attached hydrogens (tertiary/aromatic N) is 4. The van der Waals surface area contributed by atoms with Crippen molar-refractivity contribution in [3.05, 3.63) is 123 Å². The number of allylic oxidation sites excluding steroid dienone is 2. The largest absolute Gasteiger partial charge is 0.507 e. The molecule has 304 valence electrons. The zero-order valence-electron chi connectivity index (χ0n) is 31.4. The smallest absolute Gasteiger partial charge is 0.417 e.